The first-order valence-corrected chi connectivity index (χ1v) is 8.20. The third kappa shape index (κ3) is 3.57. The van der Waals surface area contributed by atoms with E-state index in [0.29, 0.717) is 12.3 Å². The van der Waals surface area contributed by atoms with Crippen LogP contribution < -0.4 is 5.32 Å². The zero-order valence-electron chi connectivity index (χ0n) is 11.8. The van der Waals surface area contributed by atoms with Crippen LogP contribution >= 0.6 is 11.8 Å². The van der Waals surface area contributed by atoms with E-state index in [0.717, 1.165) is 41.9 Å². The number of nitrogens with zero attached hydrogens (tertiary/aromatic N) is 1. The van der Waals surface area contributed by atoms with Crippen molar-refractivity contribution < 1.29 is 9.90 Å². The molecule has 0 bridgehead atoms. The molecular formula is C15H19N3O2S. The fourth-order valence-electron chi connectivity index (χ4n) is 2.66. The lowest BCUT2D eigenvalue weighted by molar-refractivity contribution is -0.119. The van der Waals surface area contributed by atoms with E-state index in [1.165, 1.54) is 11.8 Å². The molecule has 1 amide bonds. The Morgan fingerprint density at radius 1 is 1.38 bits per heavy atom. The molecule has 1 aromatic carbocycles. The zero-order chi connectivity index (χ0) is 14.7. The molecule has 0 radical (unpaired) electrons. The first-order valence-electron chi connectivity index (χ1n) is 7.21. The third-order valence-electron chi connectivity index (χ3n) is 3.86. The van der Waals surface area contributed by atoms with Crippen LogP contribution in [-0.4, -0.2) is 38.9 Å². The number of amides is 1. The maximum Gasteiger partial charge on any atom is 0.230 e. The van der Waals surface area contributed by atoms with E-state index < -0.39 is 5.60 Å². The summed E-state index contributed by atoms with van der Waals surface area (Å²) in [4.78, 5) is 19.4. The number of aromatic nitrogens is 2. The number of hydrogen-bond acceptors (Lipinski definition) is 4. The monoisotopic (exact) mass is 305 g/mol. The number of benzene rings is 1. The fourth-order valence-corrected chi connectivity index (χ4v) is 3.37. The number of fused-ring (bicyclic) bond motifs is 1. The van der Waals surface area contributed by atoms with Crippen molar-refractivity contribution in [2.75, 3.05) is 12.3 Å². The molecular weight excluding hydrogens is 286 g/mol. The molecule has 21 heavy (non-hydrogen) atoms. The molecule has 6 heteroatoms. The summed E-state index contributed by atoms with van der Waals surface area (Å²) < 4.78 is 0. The van der Waals surface area contributed by atoms with Gasteiger partial charge in [-0.2, -0.15) is 0 Å². The normalized spacial score (nSPS) is 17.2. The van der Waals surface area contributed by atoms with Crippen molar-refractivity contribution in [2.45, 2.75) is 36.4 Å². The van der Waals surface area contributed by atoms with Gasteiger partial charge in [0.2, 0.25) is 5.91 Å². The maximum atomic E-state index is 11.8. The van der Waals surface area contributed by atoms with Crippen molar-refractivity contribution in [1.82, 2.24) is 15.3 Å². The molecule has 2 aromatic rings. The van der Waals surface area contributed by atoms with Crippen LogP contribution in [0.1, 0.15) is 25.7 Å². The topological polar surface area (TPSA) is 78.0 Å². The molecule has 1 aliphatic carbocycles. The van der Waals surface area contributed by atoms with Gasteiger partial charge in [0.1, 0.15) is 0 Å². The summed E-state index contributed by atoms with van der Waals surface area (Å²) >= 11 is 1.38. The second-order valence-corrected chi connectivity index (χ2v) is 6.52. The van der Waals surface area contributed by atoms with Crippen LogP contribution in [0.15, 0.2) is 29.4 Å². The summed E-state index contributed by atoms with van der Waals surface area (Å²) in [5, 5.41) is 13.7. The van der Waals surface area contributed by atoms with Gasteiger partial charge in [0.15, 0.2) is 5.16 Å². The van der Waals surface area contributed by atoms with E-state index in [1.54, 1.807) is 0 Å². The molecule has 1 saturated carbocycles. The fraction of sp³-hybridized carbons (Fsp3) is 0.467. The highest BCUT2D eigenvalue weighted by Crippen LogP contribution is 2.28. The predicted molar refractivity (Wildman–Crippen MR) is 83.2 cm³/mol. The Morgan fingerprint density at radius 2 is 2.14 bits per heavy atom. The van der Waals surface area contributed by atoms with E-state index in [2.05, 4.69) is 15.3 Å². The predicted octanol–water partition coefficient (Wildman–Crippen LogP) is 2.08. The minimum absolute atomic E-state index is 0.0687. The van der Waals surface area contributed by atoms with Crippen molar-refractivity contribution in [3.63, 3.8) is 0 Å². The van der Waals surface area contributed by atoms with Gasteiger partial charge in [-0.1, -0.05) is 36.7 Å². The Bertz CT molecular complexity index is 602. The largest absolute Gasteiger partial charge is 0.388 e. The molecule has 1 heterocycles. The molecule has 1 aliphatic rings. The molecule has 3 N–H and O–H groups in total. The number of aliphatic hydroxyl groups is 1. The van der Waals surface area contributed by atoms with Gasteiger partial charge in [0.05, 0.1) is 22.4 Å². The van der Waals surface area contributed by atoms with Crippen LogP contribution in [-0.2, 0) is 4.79 Å². The molecule has 0 aliphatic heterocycles. The smallest absolute Gasteiger partial charge is 0.230 e. The summed E-state index contributed by atoms with van der Waals surface area (Å²) in [7, 11) is 0. The van der Waals surface area contributed by atoms with Crippen molar-refractivity contribution in [1.29, 1.82) is 0 Å². The van der Waals surface area contributed by atoms with Crippen LogP contribution in [0.25, 0.3) is 11.0 Å². The highest BCUT2D eigenvalue weighted by molar-refractivity contribution is 7.99. The van der Waals surface area contributed by atoms with Crippen LogP contribution in [0, 0.1) is 0 Å². The lowest BCUT2D eigenvalue weighted by Gasteiger charge is -2.22. The van der Waals surface area contributed by atoms with Crippen molar-refractivity contribution >= 4 is 28.7 Å². The number of carbonyl (C=O) groups excluding carboxylic acids is 1. The Morgan fingerprint density at radius 3 is 2.90 bits per heavy atom. The Kier molecular flexibility index (Phi) is 4.17. The van der Waals surface area contributed by atoms with Gasteiger partial charge in [-0.25, -0.2) is 4.98 Å². The molecule has 1 fully saturated rings. The Balaban J connectivity index is 1.49. The number of thioether (sulfide) groups is 1. The molecule has 0 spiro atoms. The average Bonchev–Trinajstić information content (AvgIpc) is 3.09. The summed E-state index contributed by atoms with van der Waals surface area (Å²) in [6.45, 7) is 0.354. The third-order valence-corrected chi connectivity index (χ3v) is 4.73. The summed E-state index contributed by atoms with van der Waals surface area (Å²) in [6, 6.07) is 7.78. The van der Waals surface area contributed by atoms with Crippen LogP contribution in [0.2, 0.25) is 0 Å². The second kappa shape index (κ2) is 6.07. The summed E-state index contributed by atoms with van der Waals surface area (Å²) in [6.07, 6.45) is 3.65. The average molecular weight is 305 g/mol. The number of imidazole rings is 1. The van der Waals surface area contributed by atoms with Gasteiger partial charge in [0.25, 0.3) is 0 Å². The van der Waals surface area contributed by atoms with E-state index in [4.69, 9.17) is 0 Å². The number of hydrogen-bond donors (Lipinski definition) is 3. The minimum atomic E-state index is -0.695. The summed E-state index contributed by atoms with van der Waals surface area (Å²) in [5.41, 5.74) is 1.18. The molecule has 1 aromatic heterocycles. The van der Waals surface area contributed by atoms with E-state index in [1.807, 2.05) is 24.3 Å². The van der Waals surface area contributed by atoms with Gasteiger partial charge in [-0.05, 0) is 25.0 Å². The van der Waals surface area contributed by atoms with Crippen LogP contribution in [0.5, 0.6) is 0 Å². The summed E-state index contributed by atoms with van der Waals surface area (Å²) in [5.74, 6) is 0.233. The van der Waals surface area contributed by atoms with E-state index >= 15 is 0 Å². The van der Waals surface area contributed by atoms with Gasteiger partial charge in [0, 0.05) is 6.54 Å². The standard InChI is InChI=1S/C15H19N3O2S/c19-13(16-10-15(20)7-3-4-8-15)9-21-14-17-11-5-1-2-6-12(11)18-14/h1-2,5-6,20H,3-4,7-10H2,(H,16,19)(H,17,18). The highest BCUT2D eigenvalue weighted by atomic mass is 32.2. The Hall–Kier alpha value is -1.53. The van der Waals surface area contributed by atoms with E-state index in [-0.39, 0.29) is 5.91 Å². The number of aromatic amines is 1. The molecule has 112 valence electrons. The maximum absolute atomic E-state index is 11.8. The second-order valence-electron chi connectivity index (χ2n) is 5.56. The highest BCUT2D eigenvalue weighted by Gasteiger charge is 2.31. The van der Waals surface area contributed by atoms with Crippen LogP contribution in [0.4, 0.5) is 0 Å². The van der Waals surface area contributed by atoms with Crippen molar-refractivity contribution in [3.05, 3.63) is 24.3 Å². The van der Waals surface area contributed by atoms with Gasteiger partial charge in [-0.15, -0.1) is 0 Å². The lowest BCUT2D eigenvalue weighted by Crippen LogP contribution is -2.41. The molecule has 0 atom stereocenters. The molecule has 0 unspecified atom stereocenters. The molecule has 3 rings (SSSR count). The van der Waals surface area contributed by atoms with Gasteiger partial charge in [-0.3, -0.25) is 4.79 Å². The quantitative estimate of drug-likeness (QED) is 0.739. The van der Waals surface area contributed by atoms with Crippen molar-refractivity contribution in [2.24, 2.45) is 0 Å². The van der Waals surface area contributed by atoms with E-state index in [9.17, 15) is 9.90 Å². The zero-order valence-corrected chi connectivity index (χ0v) is 12.6. The number of rotatable bonds is 5. The number of nitrogens with one attached hydrogen (secondary N) is 2. The van der Waals surface area contributed by atoms with Gasteiger partial charge >= 0.3 is 0 Å². The molecule has 5 nitrogen and oxygen atoms in total. The minimum Gasteiger partial charge on any atom is -0.388 e. The number of carbonyl (C=O) groups is 1. The molecule has 0 saturated heterocycles. The Labute approximate surface area is 127 Å². The SMILES string of the molecule is O=C(CSc1nc2ccccc2[nH]1)NCC1(O)CCCC1. The van der Waals surface area contributed by atoms with Crippen molar-refractivity contribution in [3.8, 4) is 0 Å². The lowest BCUT2D eigenvalue weighted by atomic mass is 10.0. The first-order chi connectivity index (χ1) is 10.1. The number of H-pyrrole nitrogens is 1. The first kappa shape index (κ1) is 14.4. The van der Waals surface area contributed by atoms with Crippen LogP contribution in [0.3, 0.4) is 0 Å². The number of para-hydroxylation sites is 2. The van der Waals surface area contributed by atoms with Gasteiger partial charge < -0.3 is 15.4 Å².